The van der Waals surface area contributed by atoms with E-state index in [1.165, 1.54) is 0 Å². The molecule has 1 saturated heterocycles. The van der Waals surface area contributed by atoms with Gasteiger partial charge in [0.25, 0.3) is 0 Å². The molecule has 0 radical (unpaired) electrons. The third-order valence-electron chi connectivity index (χ3n) is 0.402. The van der Waals surface area contributed by atoms with Gasteiger partial charge in [-0.05, 0) is 0 Å². The van der Waals surface area contributed by atoms with E-state index in [1.54, 1.807) is 0 Å². The molecule has 0 aromatic carbocycles. The molecule has 1 aliphatic heterocycles. The van der Waals surface area contributed by atoms with Gasteiger partial charge in [-0.1, -0.05) is 0 Å². The van der Waals surface area contributed by atoms with Crippen LogP contribution in [0.4, 0.5) is 0 Å². The van der Waals surface area contributed by atoms with Gasteiger partial charge in [-0.15, -0.1) is 0 Å². The quantitative estimate of drug-likeness (QED) is 0.286. The fraction of sp³-hybridized carbons (Fsp3) is 0.667. The molecule has 0 spiro atoms. The number of epoxide rings is 1. The molecule has 0 saturated carbocycles. The first-order valence-corrected chi connectivity index (χ1v) is 1.34. The predicted molar refractivity (Wildman–Crippen MR) is 15.1 cm³/mol. The van der Waals surface area contributed by atoms with Gasteiger partial charge in [0.15, 0.2) is 0 Å². The van der Waals surface area contributed by atoms with E-state index in [4.69, 9.17) is 0 Å². The molecule has 0 aromatic heterocycles. The average molecular weight is 57.1 g/mol. The maximum absolute atomic E-state index is 4.60. The first kappa shape index (κ1) is 2.09. The summed E-state index contributed by atoms with van der Waals surface area (Å²) in [6, 6.07) is 0. The standard InChI is InChI=1S/C3H5O/c1-3-2-4-3/h3H,1-2H2/q+1. The Morgan fingerprint density at radius 2 is 2.25 bits per heavy atom. The lowest BCUT2D eigenvalue weighted by Crippen LogP contribution is -1.61. The Hall–Kier alpha value is -0.170. The highest BCUT2D eigenvalue weighted by atomic mass is 16.6. The maximum atomic E-state index is 4.60. The zero-order valence-electron chi connectivity index (χ0n) is 2.40. The Balaban J connectivity index is 2.17. The van der Waals surface area contributed by atoms with Crippen LogP contribution >= 0.6 is 0 Å². The van der Waals surface area contributed by atoms with Crippen molar-refractivity contribution in [3.8, 4) is 0 Å². The lowest BCUT2D eigenvalue weighted by Gasteiger charge is -1.40. The van der Waals surface area contributed by atoms with Gasteiger partial charge < -0.3 is 4.74 Å². The highest BCUT2D eigenvalue weighted by molar-refractivity contribution is 4.69. The number of ether oxygens (including phenoxy) is 1. The van der Waals surface area contributed by atoms with Gasteiger partial charge in [0.1, 0.15) is 6.61 Å². The Bertz CT molecular complexity index is 22.5. The van der Waals surface area contributed by atoms with Crippen molar-refractivity contribution in [2.45, 2.75) is 6.10 Å². The van der Waals surface area contributed by atoms with Gasteiger partial charge in [-0.2, -0.15) is 0 Å². The molecule has 1 rings (SSSR count). The molecule has 1 heteroatoms. The van der Waals surface area contributed by atoms with Crippen molar-refractivity contribution in [3.05, 3.63) is 6.92 Å². The molecule has 22 valence electrons. The van der Waals surface area contributed by atoms with Crippen molar-refractivity contribution in [2.24, 2.45) is 0 Å². The smallest absolute Gasteiger partial charge is 0.218 e. The van der Waals surface area contributed by atoms with E-state index in [0.717, 1.165) is 6.61 Å². The second kappa shape index (κ2) is 0.406. The number of hydrogen-bond donors (Lipinski definition) is 0. The summed E-state index contributed by atoms with van der Waals surface area (Å²) in [6.07, 6.45) is 0.333. The molecule has 1 unspecified atom stereocenters. The summed E-state index contributed by atoms with van der Waals surface area (Å²) in [5.41, 5.74) is 0. The Labute approximate surface area is 25.6 Å². The van der Waals surface area contributed by atoms with Crippen molar-refractivity contribution in [2.75, 3.05) is 6.61 Å². The van der Waals surface area contributed by atoms with E-state index in [2.05, 4.69) is 11.7 Å². The SMILES string of the molecule is [CH2+]C1CO1. The van der Waals surface area contributed by atoms with Crippen LogP contribution in [-0.2, 0) is 4.74 Å². The van der Waals surface area contributed by atoms with Crippen molar-refractivity contribution in [3.63, 3.8) is 0 Å². The summed E-state index contributed by atoms with van der Waals surface area (Å²) in [4.78, 5) is 0. The Kier molecular flexibility index (Phi) is 0.212. The fourth-order valence-electron chi connectivity index (χ4n) is 0.0680. The fourth-order valence-corrected chi connectivity index (χ4v) is 0.0680. The van der Waals surface area contributed by atoms with E-state index in [1.807, 2.05) is 0 Å². The molecule has 1 aliphatic rings. The van der Waals surface area contributed by atoms with Crippen molar-refractivity contribution >= 4 is 0 Å². The van der Waals surface area contributed by atoms with Gasteiger partial charge in [-0.3, -0.25) is 0 Å². The normalized spacial score (nSPS) is 39.5. The molecular formula is C3H5O+. The van der Waals surface area contributed by atoms with Crippen LogP contribution in [0.25, 0.3) is 0 Å². The second-order valence-electron chi connectivity index (χ2n) is 0.955. The minimum absolute atomic E-state index is 0.333. The summed E-state index contributed by atoms with van der Waals surface area (Å²) >= 11 is 0. The first-order valence-electron chi connectivity index (χ1n) is 1.34. The minimum atomic E-state index is 0.333. The van der Waals surface area contributed by atoms with E-state index in [9.17, 15) is 0 Å². The highest BCUT2D eigenvalue weighted by Gasteiger charge is 2.22. The van der Waals surface area contributed by atoms with Crippen molar-refractivity contribution < 1.29 is 4.74 Å². The average Bonchev–Trinajstić information content (AvgIpc) is 1.75. The summed E-state index contributed by atoms with van der Waals surface area (Å²) in [5.74, 6) is 0. The predicted octanol–water partition coefficient (Wildman–Crippen LogP) is 0.219. The van der Waals surface area contributed by atoms with Gasteiger partial charge in [0, 0.05) is 0 Å². The van der Waals surface area contributed by atoms with Crippen LogP contribution < -0.4 is 0 Å². The monoisotopic (exact) mass is 57.0 g/mol. The van der Waals surface area contributed by atoms with Crippen LogP contribution in [0.3, 0.4) is 0 Å². The highest BCUT2D eigenvalue weighted by Crippen LogP contribution is 2.03. The van der Waals surface area contributed by atoms with Crippen LogP contribution in [0.2, 0.25) is 0 Å². The molecule has 1 atom stereocenters. The summed E-state index contributed by atoms with van der Waals surface area (Å²) in [7, 11) is 0. The molecule has 0 bridgehead atoms. The summed E-state index contributed by atoms with van der Waals surface area (Å²) < 4.78 is 4.60. The molecule has 0 aliphatic carbocycles. The topological polar surface area (TPSA) is 12.5 Å². The molecule has 1 heterocycles. The van der Waals surface area contributed by atoms with Crippen LogP contribution in [0, 0.1) is 6.92 Å². The minimum Gasteiger partial charge on any atom is -0.328 e. The summed E-state index contributed by atoms with van der Waals surface area (Å²) in [6.45, 7) is 4.40. The van der Waals surface area contributed by atoms with Gasteiger partial charge in [-0.25, -0.2) is 0 Å². The van der Waals surface area contributed by atoms with Gasteiger partial charge in [0.2, 0.25) is 6.10 Å². The van der Waals surface area contributed by atoms with Crippen LogP contribution in [0.5, 0.6) is 0 Å². The lowest BCUT2D eigenvalue weighted by molar-refractivity contribution is 0.439. The van der Waals surface area contributed by atoms with Crippen molar-refractivity contribution in [1.82, 2.24) is 0 Å². The molecule has 1 nitrogen and oxygen atoms in total. The lowest BCUT2D eigenvalue weighted by atomic mass is 10.6. The molecule has 1 fully saturated rings. The van der Waals surface area contributed by atoms with E-state index >= 15 is 0 Å². The molecule has 0 amide bonds. The van der Waals surface area contributed by atoms with Crippen LogP contribution in [0.1, 0.15) is 0 Å². The Morgan fingerprint density at radius 3 is 2.25 bits per heavy atom. The zero-order valence-corrected chi connectivity index (χ0v) is 2.40. The second-order valence-corrected chi connectivity index (χ2v) is 0.955. The molecule has 0 aromatic rings. The zero-order chi connectivity index (χ0) is 2.99. The largest absolute Gasteiger partial charge is 0.328 e. The number of rotatable bonds is 0. The number of hydrogen-bond acceptors (Lipinski definition) is 1. The Morgan fingerprint density at radius 1 is 2.00 bits per heavy atom. The van der Waals surface area contributed by atoms with Gasteiger partial charge >= 0.3 is 0 Å². The molecular weight excluding hydrogens is 52.0 g/mol. The van der Waals surface area contributed by atoms with E-state index in [0.29, 0.717) is 6.10 Å². The van der Waals surface area contributed by atoms with Crippen LogP contribution in [-0.4, -0.2) is 12.7 Å². The van der Waals surface area contributed by atoms with Crippen molar-refractivity contribution in [1.29, 1.82) is 0 Å². The third-order valence-corrected chi connectivity index (χ3v) is 0.402. The van der Waals surface area contributed by atoms with E-state index < -0.39 is 0 Å². The summed E-state index contributed by atoms with van der Waals surface area (Å²) in [5, 5.41) is 0. The maximum Gasteiger partial charge on any atom is 0.218 e. The third kappa shape index (κ3) is 0.157. The first-order chi connectivity index (χ1) is 1.89. The van der Waals surface area contributed by atoms with Crippen LogP contribution in [0.15, 0.2) is 0 Å². The molecule has 0 N–H and O–H groups in total. The van der Waals surface area contributed by atoms with Gasteiger partial charge in [0.05, 0.1) is 6.92 Å². The molecule has 4 heavy (non-hydrogen) atoms. The van der Waals surface area contributed by atoms with E-state index in [-0.39, 0.29) is 0 Å².